The summed E-state index contributed by atoms with van der Waals surface area (Å²) >= 11 is 0. The van der Waals surface area contributed by atoms with Gasteiger partial charge in [-0.1, -0.05) is 36.4 Å². The van der Waals surface area contributed by atoms with E-state index in [9.17, 15) is 10.2 Å². The summed E-state index contributed by atoms with van der Waals surface area (Å²) in [5.74, 6) is -0.118. The van der Waals surface area contributed by atoms with Gasteiger partial charge in [-0.15, -0.1) is 0 Å². The van der Waals surface area contributed by atoms with E-state index in [0.717, 1.165) is 31.4 Å². The molecule has 0 aliphatic carbocycles. The highest BCUT2D eigenvalue weighted by atomic mass is 16.3. The average Bonchev–Trinajstić information content (AvgIpc) is 2.50. The highest BCUT2D eigenvalue weighted by Gasteiger charge is 2.04. The number of nitrogens with one attached hydrogen (secondary N) is 1. The first-order valence-electron chi connectivity index (χ1n) is 7.43. The molecule has 3 nitrogen and oxygen atoms in total. The highest BCUT2D eigenvalue weighted by Crippen LogP contribution is 2.24. The molecule has 112 valence electrons. The van der Waals surface area contributed by atoms with Crippen LogP contribution in [-0.2, 0) is 12.8 Å². The van der Waals surface area contributed by atoms with E-state index in [1.54, 1.807) is 6.07 Å². The lowest BCUT2D eigenvalue weighted by atomic mass is 10.1. The van der Waals surface area contributed by atoms with E-state index in [0.29, 0.717) is 6.04 Å². The molecule has 21 heavy (non-hydrogen) atoms. The lowest BCUT2D eigenvalue weighted by Crippen LogP contribution is -2.28. The second kappa shape index (κ2) is 7.70. The number of rotatable bonds is 7. The fourth-order valence-corrected chi connectivity index (χ4v) is 2.32. The topological polar surface area (TPSA) is 52.5 Å². The Morgan fingerprint density at radius 1 is 0.905 bits per heavy atom. The molecule has 3 N–H and O–H groups in total. The van der Waals surface area contributed by atoms with Gasteiger partial charge in [0.15, 0.2) is 11.5 Å². The second-order valence-electron chi connectivity index (χ2n) is 5.45. The van der Waals surface area contributed by atoms with E-state index in [-0.39, 0.29) is 11.5 Å². The van der Waals surface area contributed by atoms with Crippen molar-refractivity contribution in [3.63, 3.8) is 0 Å². The number of benzene rings is 2. The van der Waals surface area contributed by atoms with Gasteiger partial charge in [0.2, 0.25) is 0 Å². The van der Waals surface area contributed by atoms with E-state index in [4.69, 9.17) is 0 Å². The van der Waals surface area contributed by atoms with Crippen LogP contribution in [0.3, 0.4) is 0 Å². The smallest absolute Gasteiger partial charge is 0.157 e. The van der Waals surface area contributed by atoms with Gasteiger partial charge in [-0.05, 0) is 56.0 Å². The SMILES string of the molecule is CC(CCc1ccccc1)NCCc1ccc(O)c(O)c1. The fraction of sp³-hybridized carbons (Fsp3) is 0.333. The van der Waals surface area contributed by atoms with Crippen LogP contribution >= 0.6 is 0 Å². The Hall–Kier alpha value is -2.00. The summed E-state index contributed by atoms with van der Waals surface area (Å²) in [7, 11) is 0. The zero-order valence-electron chi connectivity index (χ0n) is 12.4. The van der Waals surface area contributed by atoms with Crippen molar-refractivity contribution in [3.8, 4) is 11.5 Å². The van der Waals surface area contributed by atoms with Gasteiger partial charge in [-0.25, -0.2) is 0 Å². The van der Waals surface area contributed by atoms with Crippen molar-refractivity contribution >= 4 is 0 Å². The van der Waals surface area contributed by atoms with Gasteiger partial charge in [-0.2, -0.15) is 0 Å². The van der Waals surface area contributed by atoms with E-state index < -0.39 is 0 Å². The average molecular weight is 285 g/mol. The Labute approximate surface area is 126 Å². The van der Waals surface area contributed by atoms with Gasteiger partial charge in [0.25, 0.3) is 0 Å². The number of aromatic hydroxyl groups is 2. The van der Waals surface area contributed by atoms with Crippen molar-refractivity contribution in [1.82, 2.24) is 5.32 Å². The predicted octanol–water partition coefficient (Wildman–Crippen LogP) is 3.25. The monoisotopic (exact) mass is 285 g/mol. The van der Waals surface area contributed by atoms with Crippen LogP contribution in [0.1, 0.15) is 24.5 Å². The molecule has 0 spiro atoms. The molecule has 0 amide bonds. The van der Waals surface area contributed by atoms with Crippen molar-refractivity contribution in [2.24, 2.45) is 0 Å². The first-order chi connectivity index (χ1) is 10.1. The lowest BCUT2D eigenvalue weighted by molar-refractivity contribution is 0.403. The molecule has 0 saturated heterocycles. The molecule has 0 radical (unpaired) electrons. The van der Waals surface area contributed by atoms with E-state index in [2.05, 4.69) is 36.5 Å². The first-order valence-corrected chi connectivity index (χ1v) is 7.43. The second-order valence-corrected chi connectivity index (χ2v) is 5.45. The molecular weight excluding hydrogens is 262 g/mol. The van der Waals surface area contributed by atoms with Crippen LogP contribution in [0, 0.1) is 0 Å². The molecule has 0 bridgehead atoms. The van der Waals surface area contributed by atoms with Gasteiger partial charge in [0, 0.05) is 6.04 Å². The minimum atomic E-state index is -0.0667. The van der Waals surface area contributed by atoms with Crippen molar-refractivity contribution in [3.05, 3.63) is 59.7 Å². The van der Waals surface area contributed by atoms with E-state index in [1.807, 2.05) is 12.1 Å². The van der Waals surface area contributed by atoms with Crippen LogP contribution in [0.25, 0.3) is 0 Å². The Kier molecular flexibility index (Phi) is 5.64. The molecule has 2 aromatic rings. The van der Waals surface area contributed by atoms with Crippen LogP contribution < -0.4 is 5.32 Å². The first kappa shape index (κ1) is 15.4. The van der Waals surface area contributed by atoms with E-state index >= 15 is 0 Å². The van der Waals surface area contributed by atoms with Crippen molar-refractivity contribution < 1.29 is 10.2 Å². The Balaban J connectivity index is 1.69. The third-order valence-electron chi connectivity index (χ3n) is 3.66. The van der Waals surface area contributed by atoms with Crippen LogP contribution in [0.4, 0.5) is 0 Å². The molecule has 2 rings (SSSR count). The van der Waals surface area contributed by atoms with Gasteiger partial charge < -0.3 is 15.5 Å². The summed E-state index contributed by atoms with van der Waals surface area (Å²) in [6, 6.07) is 15.9. The van der Waals surface area contributed by atoms with Gasteiger partial charge >= 0.3 is 0 Å². The minimum absolute atomic E-state index is 0.0513. The summed E-state index contributed by atoms with van der Waals surface area (Å²) in [6.45, 7) is 3.05. The molecule has 0 heterocycles. The van der Waals surface area contributed by atoms with Crippen LogP contribution in [0.15, 0.2) is 48.5 Å². The molecule has 0 aliphatic heterocycles. The molecule has 0 saturated carbocycles. The van der Waals surface area contributed by atoms with Crippen molar-refractivity contribution in [2.45, 2.75) is 32.2 Å². The lowest BCUT2D eigenvalue weighted by Gasteiger charge is -2.14. The number of phenols is 2. The Morgan fingerprint density at radius 2 is 1.67 bits per heavy atom. The largest absolute Gasteiger partial charge is 0.504 e. The normalized spacial score (nSPS) is 12.2. The molecular formula is C18H23NO2. The van der Waals surface area contributed by atoms with Crippen molar-refractivity contribution in [2.75, 3.05) is 6.54 Å². The summed E-state index contributed by atoms with van der Waals surface area (Å²) in [6.07, 6.45) is 3.02. The third kappa shape index (κ3) is 5.12. The molecule has 1 atom stereocenters. The van der Waals surface area contributed by atoms with E-state index in [1.165, 1.54) is 11.6 Å². The maximum absolute atomic E-state index is 9.45. The summed E-state index contributed by atoms with van der Waals surface area (Å²) in [5, 5.41) is 22.2. The van der Waals surface area contributed by atoms with Crippen LogP contribution in [-0.4, -0.2) is 22.8 Å². The highest BCUT2D eigenvalue weighted by molar-refractivity contribution is 5.40. The number of phenolic OH excluding ortho intramolecular Hbond substituents is 2. The molecule has 0 fully saturated rings. The summed E-state index contributed by atoms with van der Waals surface area (Å²) in [5.41, 5.74) is 2.39. The Bertz CT molecular complexity index is 554. The minimum Gasteiger partial charge on any atom is -0.504 e. The number of aryl methyl sites for hydroxylation is 1. The van der Waals surface area contributed by atoms with Gasteiger partial charge in [-0.3, -0.25) is 0 Å². The number of hydrogen-bond acceptors (Lipinski definition) is 3. The molecule has 0 aliphatic rings. The quantitative estimate of drug-likeness (QED) is 0.684. The van der Waals surface area contributed by atoms with Crippen LogP contribution in [0.5, 0.6) is 11.5 Å². The number of hydrogen-bond donors (Lipinski definition) is 3. The molecule has 0 aromatic heterocycles. The summed E-state index contributed by atoms with van der Waals surface area (Å²) < 4.78 is 0. The molecule has 2 aromatic carbocycles. The maximum Gasteiger partial charge on any atom is 0.157 e. The van der Waals surface area contributed by atoms with Crippen LogP contribution in [0.2, 0.25) is 0 Å². The zero-order chi connectivity index (χ0) is 15.1. The summed E-state index contributed by atoms with van der Waals surface area (Å²) in [4.78, 5) is 0. The van der Waals surface area contributed by atoms with Gasteiger partial charge in [0.05, 0.1) is 0 Å². The molecule has 3 heteroatoms. The molecule has 1 unspecified atom stereocenters. The zero-order valence-corrected chi connectivity index (χ0v) is 12.4. The van der Waals surface area contributed by atoms with Crippen molar-refractivity contribution in [1.29, 1.82) is 0 Å². The fourth-order valence-electron chi connectivity index (χ4n) is 2.32. The Morgan fingerprint density at radius 3 is 2.38 bits per heavy atom. The standard InChI is InChI=1S/C18H23NO2/c1-14(7-8-15-5-3-2-4-6-15)19-12-11-16-9-10-17(20)18(21)13-16/h2-6,9-10,13-14,19-21H,7-8,11-12H2,1H3. The maximum atomic E-state index is 9.45. The predicted molar refractivity (Wildman–Crippen MR) is 85.7 cm³/mol. The van der Waals surface area contributed by atoms with Gasteiger partial charge in [0.1, 0.15) is 0 Å². The third-order valence-corrected chi connectivity index (χ3v) is 3.66.